The summed E-state index contributed by atoms with van der Waals surface area (Å²) < 4.78 is 4.52. The third-order valence-electron chi connectivity index (χ3n) is 2.10. The molecule has 0 bridgehead atoms. The van der Waals surface area contributed by atoms with Crippen LogP contribution in [0.25, 0.3) is 0 Å². The molecule has 7 nitrogen and oxygen atoms in total. The Balaban J connectivity index is 0.000000511. The summed E-state index contributed by atoms with van der Waals surface area (Å²) in [5, 5.41) is 15.4. The third-order valence-corrected chi connectivity index (χ3v) is 2.35. The molecule has 0 saturated heterocycles. The van der Waals surface area contributed by atoms with Gasteiger partial charge in [0.2, 0.25) is 0 Å². The number of methoxy groups -OCH3 is 1. The second kappa shape index (κ2) is 8.89. The Hall–Kier alpha value is -2.12. The van der Waals surface area contributed by atoms with E-state index in [1.165, 1.54) is 7.11 Å². The SMILES string of the molecule is COC(=O)CC(N)c1ccc(Cl)cc1.O=C(O)C(=O)O. The van der Waals surface area contributed by atoms with Crippen molar-refractivity contribution in [3.8, 4) is 0 Å². The average Bonchev–Trinajstić information content (AvgIpc) is 2.39. The van der Waals surface area contributed by atoms with Crippen LogP contribution in [0, 0.1) is 0 Å². The van der Waals surface area contributed by atoms with Crippen molar-refractivity contribution in [1.82, 2.24) is 0 Å². The van der Waals surface area contributed by atoms with Crippen LogP contribution in [-0.4, -0.2) is 35.2 Å². The molecule has 0 amide bonds. The van der Waals surface area contributed by atoms with Crippen LogP contribution >= 0.6 is 11.6 Å². The summed E-state index contributed by atoms with van der Waals surface area (Å²) in [4.78, 5) is 29.1. The highest BCUT2D eigenvalue weighted by molar-refractivity contribution is 6.30. The predicted molar refractivity (Wildman–Crippen MR) is 70.3 cm³/mol. The van der Waals surface area contributed by atoms with Gasteiger partial charge in [-0.05, 0) is 17.7 Å². The number of hydrogen-bond acceptors (Lipinski definition) is 5. The molecule has 0 radical (unpaired) electrons. The maximum absolute atomic E-state index is 10.9. The van der Waals surface area contributed by atoms with E-state index in [1.54, 1.807) is 24.3 Å². The lowest BCUT2D eigenvalue weighted by molar-refractivity contribution is -0.159. The Morgan fingerprint density at radius 1 is 1.20 bits per heavy atom. The summed E-state index contributed by atoms with van der Waals surface area (Å²) in [6.07, 6.45) is 0.179. The van der Waals surface area contributed by atoms with Gasteiger partial charge in [0.1, 0.15) is 0 Å². The summed E-state index contributed by atoms with van der Waals surface area (Å²) in [7, 11) is 1.34. The van der Waals surface area contributed by atoms with Crippen molar-refractivity contribution in [2.45, 2.75) is 12.5 Å². The minimum absolute atomic E-state index is 0.179. The van der Waals surface area contributed by atoms with Gasteiger partial charge in [-0.15, -0.1) is 0 Å². The molecule has 0 aliphatic heterocycles. The number of halogens is 1. The second-order valence-corrected chi connectivity index (χ2v) is 3.99. The van der Waals surface area contributed by atoms with Gasteiger partial charge in [-0.3, -0.25) is 4.79 Å². The number of nitrogens with two attached hydrogens (primary N) is 1. The zero-order valence-electron chi connectivity index (χ0n) is 10.6. The van der Waals surface area contributed by atoms with Gasteiger partial charge in [0.25, 0.3) is 0 Å². The average molecular weight is 304 g/mol. The summed E-state index contributed by atoms with van der Waals surface area (Å²) in [5.41, 5.74) is 6.65. The number of esters is 1. The molecule has 1 aromatic carbocycles. The first kappa shape index (κ1) is 17.9. The second-order valence-electron chi connectivity index (χ2n) is 3.55. The number of carbonyl (C=O) groups is 3. The molecule has 0 saturated carbocycles. The highest BCUT2D eigenvalue weighted by Gasteiger charge is 2.11. The molecule has 0 fully saturated rings. The minimum atomic E-state index is -1.82. The maximum atomic E-state index is 10.9. The van der Waals surface area contributed by atoms with Gasteiger partial charge in [-0.2, -0.15) is 0 Å². The molecule has 0 aromatic heterocycles. The maximum Gasteiger partial charge on any atom is 0.414 e. The number of rotatable bonds is 3. The van der Waals surface area contributed by atoms with E-state index in [0.717, 1.165) is 5.56 Å². The van der Waals surface area contributed by atoms with E-state index in [0.29, 0.717) is 5.02 Å². The standard InChI is InChI=1S/C10H12ClNO2.C2H2O4/c1-14-10(13)6-9(12)7-2-4-8(11)5-3-7;3-1(4)2(5)6/h2-5,9H,6,12H2,1H3;(H,3,4)(H,5,6). The smallest absolute Gasteiger partial charge is 0.414 e. The van der Waals surface area contributed by atoms with Gasteiger partial charge in [-0.25, -0.2) is 9.59 Å². The molecular formula is C12H14ClNO6. The first-order valence-corrected chi connectivity index (χ1v) is 5.69. The molecule has 20 heavy (non-hydrogen) atoms. The molecule has 0 aliphatic carbocycles. The summed E-state index contributed by atoms with van der Waals surface area (Å²) in [6.45, 7) is 0. The van der Waals surface area contributed by atoms with Crippen LogP contribution in [0.4, 0.5) is 0 Å². The zero-order valence-corrected chi connectivity index (χ0v) is 11.3. The molecule has 1 aromatic rings. The van der Waals surface area contributed by atoms with E-state index in [-0.39, 0.29) is 18.4 Å². The quantitative estimate of drug-likeness (QED) is 0.562. The Morgan fingerprint density at radius 3 is 2.00 bits per heavy atom. The molecule has 0 aliphatic rings. The van der Waals surface area contributed by atoms with E-state index >= 15 is 0 Å². The largest absolute Gasteiger partial charge is 0.473 e. The topological polar surface area (TPSA) is 127 Å². The van der Waals surface area contributed by atoms with Gasteiger partial charge in [0.15, 0.2) is 0 Å². The van der Waals surface area contributed by atoms with Gasteiger partial charge in [-0.1, -0.05) is 23.7 Å². The van der Waals surface area contributed by atoms with Crippen LogP contribution in [0.2, 0.25) is 5.02 Å². The van der Waals surface area contributed by atoms with E-state index in [2.05, 4.69) is 4.74 Å². The van der Waals surface area contributed by atoms with E-state index < -0.39 is 11.9 Å². The normalized spacial score (nSPS) is 10.8. The number of benzene rings is 1. The molecule has 1 unspecified atom stereocenters. The summed E-state index contributed by atoms with van der Waals surface area (Å²) in [5.74, 6) is -3.96. The number of hydrogen-bond donors (Lipinski definition) is 3. The Bertz CT molecular complexity index is 461. The fourth-order valence-electron chi connectivity index (χ4n) is 1.09. The molecule has 8 heteroatoms. The van der Waals surface area contributed by atoms with Crippen LogP contribution < -0.4 is 5.73 Å². The molecular weight excluding hydrogens is 290 g/mol. The van der Waals surface area contributed by atoms with Crippen LogP contribution in [0.1, 0.15) is 18.0 Å². The first-order chi connectivity index (χ1) is 9.27. The molecule has 1 atom stereocenters. The zero-order chi connectivity index (χ0) is 15.7. The number of carboxylic acids is 2. The fraction of sp³-hybridized carbons (Fsp3) is 0.250. The van der Waals surface area contributed by atoms with Crippen molar-refractivity contribution in [3.63, 3.8) is 0 Å². The van der Waals surface area contributed by atoms with Crippen molar-refractivity contribution in [2.24, 2.45) is 5.73 Å². The highest BCUT2D eigenvalue weighted by Crippen LogP contribution is 2.17. The summed E-state index contributed by atoms with van der Waals surface area (Å²) >= 11 is 5.72. The lowest BCUT2D eigenvalue weighted by Crippen LogP contribution is -2.16. The van der Waals surface area contributed by atoms with Crippen LogP contribution in [0.5, 0.6) is 0 Å². The van der Waals surface area contributed by atoms with Gasteiger partial charge in [0.05, 0.1) is 13.5 Å². The number of carbonyl (C=O) groups excluding carboxylic acids is 1. The lowest BCUT2D eigenvalue weighted by Gasteiger charge is -2.10. The number of ether oxygens (including phenoxy) is 1. The molecule has 4 N–H and O–H groups in total. The van der Waals surface area contributed by atoms with Crippen molar-refractivity contribution in [3.05, 3.63) is 34.9 Å². The Kier molecular flexibility index (Phi) is 7.95. The minimum Gasteiger partial charge on any atom is -0.473 e. The van der Waals surface area contributed by atoms with Crippen molar-refractivity contribution < 1.29 is 29.3 Å². The monoisotopic (exact) mass is 303 g/mol. The highest BCUT2D eigenvalue weighted by atomic mass is 35.5. The van der Waals surface area contributed by atoms with E-state index in [4.69, 9.17) is 37.1 Å². The van der Waals surface area contributed by atoms with Gasteiger partial charge in [0, 0.05) is 11.1 Å². The molecule has 0 heterocycles. The summed E-state index contributed by atoms with van der Waals surface area (Å²) in [6, 6.07) is 6.76. The molecule has 110 valence electrons. The van der Waals surface area contributed by atoms with Gasteiger partial charge < -0.3 is 20.7 Å². The Labute approximate surface area is 119 Å². The molecule has 0 spiro atoms. The first-order valence-electron chi connectivity index (χ1n) is 5.32. The van der Waals surface area contributed by atoms with Crippen LogP contribution in [0.15, 0.2) is 24.3 Å². The van der Waals surface area contributed by atoms with Crippen molar-refractivity contribution in [1.29, 1.82) is 0 Å². The lowest BCUT2D eigenvalue weighted by atomic mass is 10.1. The van der Waals surface area contributed by atoms with E-state index in [1.807, 2.05) is 0 Å². The Morgan fingerprint density at radius 2 is 1.65 bits per heavy atom. The van der Waals surface area contributed by atoms with Crippen molar-refractivity contribution >= 4 is 29.5 Å². The van der Waals surface area contributed by atoms with Crippen LogP contribution in [0.3, 0.4) is 0 Å². The van der Waals surface area contributed by atoms with E-state index in [9.17, 15) is 4.79 Å². The molecule has 1 rings (SSSR count). The predicted octanol–water partition coefficient (Wildman–Crippen LogP) is 1.06. The number of aliphatic carboxylic acids is 2. The van der Waals surface area contributed by atoms with Gasteiger partial charge >= 0.3 is 17.9 Å². The third kappa shape index (κ3) is 7.34. The number of carboxylic acid groups (broad SMARTS) is 2. The van der Waals surface area contributed by atoms with Crippen molar-refractivity contribution in [2.75, 3.05) is 7.11 Å². The van der Waals surface area contributed by atoms with Crippen LogP contribution in [-0.2, 0) is 19.1 Å². The fourth-order valence-corrected chi connectivity index (χ4v) is 1.22.